The van der Waals surface area contributed by atoms with Crippen molar-refractivity contribution in [3.63, 3.8) is 0 Å². The first kappa shape index (κ1) is 13.7. The van der Waals surface area contributed by atoms with Gasteiger partial charge in [-0.15, -0.1) is 0 Å². The summed E-state index contributed by atoms with van der Waals surface area (Å²) in [4.78, 5) is 11.4. The molecule has 0 fully saturated rings. The summed E-state index contributed by atoms with van der Waals surface area (Å²) in [6, 6.07) is 11.3. The first-order valence-corrected chi connectivity index (χ1v) is 7.16. The summed E-state index contributed by atoms with van der Waals surface area (Å²) in [5, 5.41) is 9.33. The van der Waals surface area contributed by atoms with Gasteiger partial charge in [0.25, 0.3) is 0 Å². The van der Waals surface area contributed by atoms with Crippen LogP contribution in [0.25, 0.3) is 0 Å². The van der Waals surface area contributed by atoms with Crippen LogP contribution in [-0.4, -0.2) is 11.1 Å². The van der Waals surface area contributed by atoms with Crippen LogP contribution in [0.3, 0.4) is 0 Å². The Labute approximate surface area is 124 Å². The van der Waals surface area contributed by atoms with Crippen LogP contribution in [0.2, 0.25) is 0 Å². The Morgan fingerprint density at radius 3 is 2.71 bits per heavy atom. The quantitative estimate of drug-likeness (QED) is 0.903. The van der Waals surface area contributed by atoms with Crippen molar-refractivity contribution < 1.29 is 14.6 Å². The van der Waals surface area contributed by atoms with Gasteiger partial charge in [0.05, 0.1) is 5.56 Å². The van der Waals surface area contributed by atoms with E-state index in [0.717, 1.165) is 29.7 Å². The van der Waals surface area contributed by atoms with Gasteiger partial charge in [-0.2, -0.15) is 0 Å². The summed E-state index contributed by atoms with van der Waals surface area (Å²) >= 11 is 0. The highest BCUT2D eigenvalue weighted by atomic mass is 16.5. The number of hydrogen-bond acceptors (Lipinski definition) is 2. The molecule has 0 aromatic heterocycles. The largest absolute Gasteiger partial charge is 0.485 e. The molecule has 0 amide bonds. The number of aryl methyl sites for hydroxylation is 2. The third-order valence-corrected chi connectivity index (χ3v) is 4.23. The van der Waals surface area contributed by atoms with Gasteiger partial charge in [-0.3, -0.25) is 0 Å². The van der Waals surface area contributed by atoms with Crippen LogP contribution >= 0.6 is 0 Å². The number of carboxylic acids is 1. The van der Waals surface area contributed by atoms with Crippen LogP contribution in [0.15, 0.2) is 36.4 Å². The fourth-order valence-corrected chi connectivity index (χ4v) is 2.89. The van der Waals surface area contributed by atoms with Crippen molar-refractivity contribution in [1.82, 2.24) is 0 Å². The topological polar surface area (TPSA) is 46.5 Å². The molecule has 2 aromatic carbocycles. The van der Waals surface area contributed by atoms with E-state index in [4.69, 9.17) is 4.74 Å². The van der Waals surface area contributed by atoms with E-state index in [1.54, 1.807) is 12.1 Å². The van der Waals surface area contributed by atoms with Gasteiger partial charge in [-0.1, -0.05) is 30.3 Å². The summed E-state index contributed by atoms with van der Waals surface area (Å²) in [5.41, 5.74) is 4.64. The van der Waals surface area contributed by atoms with Crippen molar-refractivity contribution in [2.45, 2.75) is 32.8 Å². The Kier molecular flexibility index (Phi) is 3.42. The number of rotatable bonds is 2. The number of aromatic carboxylic acids is 1. The molecule has 1 heterocycles. The van der Waals surface area contributed by atoms with E-state index in [9.17, 15) is 9.90 Å². The van der Waals surface area contributed by atoms with E-state index in [2.05, 4.69) is 26.0 Å². The highest BCUT2D eigenvalue weighted by Gasteiger charge is 2.26. The first-order chi connectivity index (χ1) is 10.1. The molecule has 21 heavy (non-hydrogen) atoms. The predicted octanol–water partition coefficient (Wildman–Crippen LogP) is 4.07. The molecule has 0 spiro atoms. The summed E-state index contributed by atoms with van der Waals surface area (Å²) < 4.78 is 6.16. The Hall–Kier alpha value is -2.29. The number of carboxylic acid groups (broad SMARTS) is 1. The molecule has 1 unspecified atom stereocenters. The van der Waals surface area contributed by atoms with Crippen molar-refractivity contribution in [1.29, 1.82) is 0 Å². The summed E-state index contributed by atoms with van der Waals surface area (Å²) in [5.74, 6) is 0.0207. The van der Waals surface area contributed by atoms with Gasteiger partial charge in [-0.05, 0) is 49.4 Å². The van der Waals surface area contributed by atoms with Gasteiger partial charge in [-0.25, -0.2) is 4.79 Å². The smallest absolute Gasteiger partial charge is 0.336 e. The summed E-state index contributed by atoms with van der Waals surface area (Å²) in [6.07, 6.45) is 1.53. The second kappa shape index (κ2) is 5.24. The zero-order chi connectivity index (χ0) is 15.0. The molecule has 1 aliphatic rings. The summed E-state index contributed by atoms with van der Waals surface area (Å²) in [7, 11) is 0. The SMILES string of the molecule is Cc1ccc2c(c1C)OC(c1ccccc1C(=O)O)CC2. The van der Waals surface area contributed by atoms with Gasteiger partial charge in [0, 0.05) is 5.56 Å². The number of carbonyl (C=O) groups is 1. The molecule has 1 aliphatic heterocycles. The Morgan fingerprint density at radius 1 is 1.19 bits per heavy atom. The van der Waals surface area contributed by atoms with Crippen LogP contribution in [0.5, 0.6) is 5.75 Å². The highest BCUT2D eigenvalue weighted by molar-refractivity contribution is 5.89. The van der Waals surface area contributed by atoms with Crippen LogP contribution < -0.4 is 4.74 Å². The molecule has 0 saturated carbocycles. The molecule has 0 radical (unpaired) electrons. The van der Waals surface area contributed by atoms with Gasteiger partial charge in [0.15, 0.2) is 0 Å². The van der Waals surface area contributed by atoms with Crippen LogP contribution in [0.1, 0.15) is 45.1 Å². The molecule has 3 nitrogen and oxygen atoms in total. The third-order valence-electron chi connectivity index (χ3n) is 4.23. The predicted molar refractivity (Wildman–Crippen MR) is 81.0 cm³/mol. The second-order valence-electron chi connectivity index (χ2n) is 5.53. The van der Waals surface area contributed by atoms with Crippen LogP contribution in [0.4, 0.5) is 0 Å². The lowest BCUT2D eigenvalue weighted by Gasteiger charge is -2.29. The molecule has 1 N–H and O–H groups in total. The lowest BCUT2D eigenvalue weighted by atomic mass is 9.92. The van der Waals surface area contributed by atoms with Gasteiger partial charge >= 0.3 is 5.97 Å². The fourth-order valence-electron chi connectivity index (χ4n) is 2.89. The molecule has 0 aliphatic carbocycles. The third kappa shape index (κ3) is 2.40. The molecular weight excluding hydrogens is 264 g/mol. The maximum absolute atomic E-state index is 11.4. The minimum absolute atomic E-state index is 0.190. The zero-order valence-electron chi connectivity index (χ0n) is 12.2. The fraction of sp³-hybridized carbons (Fsp3) is 0.278. The van der Waals surface area contributed by atoms with E-state index in [1.807, 2.05) is 12.1 Å². The standard InChI is InChI=1S/C18H18O3/c1-11-7-8-13-9-10-16(21-17(13)12(11)2)14-5-3-4-6-15(14)18(19)20/h3-8,16H,9-10H2,1-2H3,(H,19,20). The van der Waals surface area contributed by atoms with Crippen LogP contribution in [0, 0.1) is 13.8 Å². The lowest BCUT2D eigenvalue weighted by Crippen LogP contribution is -2.19. The summed E-state index contributed by atoms with van der Waals surface area (Å²) in [6.45, 7) is 4.12. The molecule has 3 heteroatoms. The first-order valence-electron chi connectivity index (χ1n) is 7.16. The molecular formula is C18H18O3. The average molecular weight is 282 g/mol. The number of benzene rings is 2. The Bertz CT molecular complexity index is 704. The van der Waals surface area contributed by atoms with Gasteiger partial charge < -0.3 is 9.84 Å². The van der Waals surface area contributed by atoms with E-state index in [1.165, 1.54) is 11.1 Å². The normalized spacial score (nSPS) is 17.0. The number of fused-ring (bicyclic) bond motifs is 1. The average Bonchev–Trinajstić information content (AvgIpc) is 2.51. The van der Waals surface area contributed by atoms with Gasteiger partial charge in [0.1, 0.15) is 11.9 Å². The molecule has 2 aromatic rings. The Morgan fingerprint density at radius 2 is 1.95 bits per heavy atom. The van der Waals surface area contributed by atoms with Gasteiger partial charge in [0.2, 0.25) is 0 Å². The van der Waals surface area contributed by atoms with Crippen molar-refractivity contribution in [2.75, 3.05) is 0 Å². The van der Waals surface area contributed by atoms with E-state index >= 15 is 0 Å². The molecule has 0 saturated heterocycles. The van der Waals surface area contributed by atoms with E-state index in [-0.39, 0.29) is 6.10 Å². The zero-order valence-corrected chi connectivity index (χ0v) is 12.2. The van der Waals surface area contributed by atoms with Crippen molar-refractivity contribution in [3.8, 4) is 5.75 Å². The number of ether oxygens (including phenoxy) is 1. The van der Waals surface area contributed by atoms with E-state index in [0.29, 0.717) is 5.56 Å². The monoisotopic (exact) mass is 282 g/mol. The Balaban J connectivity index is 2.01. The van der Waals surface area contributed by atoms with Crippen LogP contribution in [-0.2, 0) is 6.42 Å². The molecule has 108 valence electrons. The number of hydrogen-bond donors (Lipinski definition) is 1. The maximum atomic E-state index is 11.4. The molecule has 1 atom stereocenters. The lowest BCUT2D eigenvalue weighted by molar-refractivity contribution is 0.0689. The highest BCUT2D eigenvalue weighted by Crippen LogP contribution is 2.39. The molecule has 0 bridgehead atoms. The van der Waals surface area contributed by atoms with Crippen molar-refractivity contribution >= 4 is 5.97 Å². The minimum Gasteiger partial charge on any atom is -0.485 e. The second-order valence-corrected chi connectivity index (χ2v) is 5.53. The maximum Gasteiger partial charge on any atom is 0.336 e. The van der Waals surface area contributed by atoms with Crippen molar-refractivity contribution in [3.05, 3.63) is 64.2 Å². The minimum atomic E-state index is -0.902. The van der Waals surface area contributed by atoms with Crippen molar-refractivity contribution in [2.24, 2.45) is 0 Å². The molecule has 3 rings (SSSR count). The van der Waals surface area contributed by atoms with E-state index < -0.39 is 5.97 Å².